The maximum absolute atomic E-state index is 5.73. The zero-order valence-corrected chi connectivity index (χ0v) is 13.0. The van der Waals surface area contributed by atoms with Crippen LogP contribution in [0.15, 0.2) is 46.9 Å². The molecule has 3 N–H and O–H groups in total. The van der Waals surface area contributed by atoms with E-state index < -0.39 is 0 Å². The summed E-state index contributed by atoms with van der Waals surface area (Å²) in [7, 11) is 3.25. The lowest BCUT2D eigenvalue weighted by Gasteiger charge is -2.21. The summed E-state index contributed by atoms with van der Waals surface area (Å²) >= 11 is 3.50. The molecule has 4 nitrogen and oxygen atoms in total. The zero-order chi connectivity index (χ0) is 14.5. The molecule has 2 aromatic rings. The summed E-state index contributed by atoms with van der Waals surface area (Å²) in [6.45, 7) is 0. The lowest BCUT2D eigenvalue weighted by Crippen LogP contribution is -2.29. The molecular weight excluding hydrogens is 320 g/mol. The van der Waals surface area contributed by atoms with Crippen LogP contribution in [-0.4, -0.2) is 14.2 Å². The number of hydrogen-bond acceptors (Lipinski definition) is 4. The van der Waals surface area contributed by atoms with Crippen LogP contribution in [0.1, 0.15) is 17.2 Å². The number of nitrogens with one attached hydrogen (secondary N) is 1. The molecule has 0 fully saturated rings. The average Bonchev–Trinajstić information content (AvgIpc) is 2.49. The largest absolute Gasteiger partial charge is 0.495 e. The number of methoxy groups -OCH3 is 2. The molecule has 0 saturated heterocycles. The van der Waals surface area contributed by atoms with Crippen LogP contribution in [0.25, 0.3) is 0 Å². The lowest BCUT2D eigenvalue weighted by atomic mass is 9.98. The molecule has 0 saturated carbocycles. The third-order valence-electron chi connectivity index (χ3n) is 3.13. The van der Waals surface area contributed by atoms with Gasteiger partial charge in [0.2, 0.25) is 0 Å². The first-order chi connectivity index (χ1) is 9.72. The van der Waals surface area contributed by atoms with Crippen LogP contribution >= 0.6 is 15.9 Å². The normalized spacial score (nSPS) is 12.0. The van der Waals surface area contributed by atoms with Crippen molar-refractivity contribution < 1.29 is 9.47 Å². The van der Waals surface area contributed by atoms with Crippen molar-refractivity contribution in [2.24, 2.45) is 5.84 Å². The predicted octanol–water partition coefficient (Wildman–Crippen LogP) is 3.02. The van der Waals surface area contributed by atoms with Gasteiger partial charge in [0, 0.05) is 5.56 Å². The summed E-state index contributed by atoms with van der Waals surface area (Å²) in [5, 5.41) is 0. The van der Waals surface area contributed by atoms with E-state index in [-0.39, 0.29) is 6.04 Å². The van der Waals surface area contributed by atoms with E-state index >= 15 is 0 Å². The minimum Gasteiger partial charge on any atom is -0.495 e. The topological polar surface area (TPSA) is 56.5 Å². The summed E-state index contributed by atoms with van der Waals surface area (Å²) in [4.78, 5) is 0. The first-order valence-electron chi connectivity index (χ1n) is 6.14. The number of halogens is 1. The van der Waals surface area contributed by atoms with E-state index in [1.807, 2.05) is 42.5 Å². The van der Waals surface area contributed by atoms with E-state index in [4.69, 9.17) is 15.3 Å². The van der Waals surface area contributed by atoms with Gasteiger partial charge < -0.3 is 9.47 Å². The smallest absolute Gasteiger partial charge is 0.141 e. The average molecular weight is 337 g/mol. The Kier molecular flexibility index (Phi) is 5.00. The lowest BCUT2D eigenvalue weighted by molar-refractivity contribution is 0.383. The minimum absolute atomic E-state index is 0.159. The van der Waals surface area contributed by atoms with Crippen molar-refractivity contribution in [1.29, 1.82) is 0 Å². The van der Waals surface area contributed by atoms with Crippen molar-refractivity contribution in [1.82, 2.24) is 5.43 Å². The van der Waals surface area contributed by atoms with Crippen molar-refractivity contribution in [2.75, 3.05) is 14.2 Å². The van der Waals surface area contributed by atoms with Gasteiger partial charge in [-0.05, 0) is 33.6 Å². The summed E-state index contributed by atoms with van der Waals surface area (Å²) in [6.07, 6.45) is 0. The highest BCUT2D eigenvalue weighted by atomic mass is 79.9. The van der Waals surface area contributed by atoms with Crippen LogP contribution in [0.4, 0.5) is 0 Å². The third-order valence-corrected chi connectivity index (χ3v) is 3.88. The number of benzene rings is 2. The summed E-state index contributed by atoms with van der Waals surface area (Å²) in [5.41, 5.74) is 4.83. The Balaban J connectivity index is 2.53. The molecule has 0 spiro atoms. The van der Waals surface area contributed by atoms with Crippen LogP contribution in [0, 0.1) is 0 Å². The van der Waals surface area contributed by atoms with Gasteiger partial charge in [-0.2, -0.15) is 0 Å². The Hall–Kier alpha value is -1.56. The van der Waals surface area contributed by atoms with E-state index in [9.17, 15) is 0 Å². The molecule has 0 aliphatic rings. The first kappa shape index (κ1) is 14.8. The van der Waals surface area contributed by atoms with Crippen molar-refractivity contribution in [3.8, 4) is 11.5 Å². The van der Waals surface area contributed by atoms with E-state index in [0.29, 0.717) is 5.75 Å². The van der Waals surface area contributed by atoms with Gasteiger partial charge in [0.1, 0.15) is 16.0 Å². The Bertz CT molecular complexity index is 576. The minimum atomic E-state index is -0.159. The maximum Gasteiger partial charge on any atom is 0.141 e. The van der Waals surface area contributed by atoms with Crippen LogP contribution in [-0.2, 0) is 0 Å². The second-order valence-corrected chi connectivity index (χ2v) is 5.01. The van der Waals surface area contributed by atoms with Gasteiger partial charge in [0.15, 0.2) is 0 Å². The SMILES string of the molecule is COc1ccc(C(NN)c2ccccc2)c(OC)c1Br. The van der Waals surface area contributed by atoms with Gasteiger partial charge in [0.05, 0.1) is 20.3 Å². The molecule has 1 atom stereocenters. The molecule has 2 aromatic carbocycles. The second-order valence-electron chi connectivity index (χ2n) is 4.21. The van der Waals surface area contributed by atoms with Crippen LogP contribution < -0.4 is 20.7 Å². The van der Waals surface area contributed by atoms with Gasteiger partial charge in [-0.25, -0.2) is 5.43 Å². The van der Waals surface area contributed by atoms with Crippen molar-refractivity contribution in [3.05, 3.63) is 58.1 Å². The molecule has 106 valence electrons. The monoisotopic (exact) mass is 336 g/mol. The van der Waals surface area contributed by atoms with Crippen molar-refractivity contribution in [2.45, 2.75) is 6.04 Å². The fraction of sp³-hybridized carbons (Fsp3) is 0.200. The Morgan fingerprint density at radius 3 is 2.30 bits per heavy atom. The van der Waals surface area contributed by atoms with Gasteiger partial charge in [-0.1, -0.05) is 30.3 Å². The third kappa shape index (κ3) is 2.80. The van der Waals surface area contributed by atoms with E-state index in [0.717, 1.165) is 21.3 Å². The van der Waals surface area contributed by atoms with Crippen LogP contribution in [0.2, 0.25) is 0 Å². The molecule has 0 aliphatic carbocycles. The molecule has 5 heteroatoms. The van der Waals surface area contributed by atoms with Gasteiger partial charge in [0.25, 0.3) is 0 Å². The number of ether oxygens (including phenoxy) is 2. The molecule has 0 amide bonds. The molecule has 0 bridgehead atoms. The number of rotatable bonds is 5. The van der Waals surface area contributed by atoms with Crippen LogP contribution in [0.5, 0.6) is 11.5 Å². The number of nitrogens with two attached hydrogens (primary N) is 1. The standard InChI is InChI=1S/C15H17BrN2O2/c1-19-12-9-8-11(15(20-2)13(12)16)14(18-17)10-6-4-3-5-7-10/h3-9,14,18H,17H2,1-2H3. The molecule has 2 rings (SSSR count). The number of hydrogen-bond donors (Lipinski definition) is 2. The van der Waals surface area contributed by atoms with Gasteiger partial charge in [-0.15, -0.1) is 0 Å². The Morgan fingerprint density at radius 2 is 1.75 bits per heavy atom. The highest BCUT2D eigenvalue weighted by molar-refractivity contribution is 9.10. The maximum atomic E-state index is 5.73. The van der Waals surface area contributed by atoms with Gasteiger partial charge in [-0.3, -0.25) is 5.84 Å². The fourth-order valence-electron chi connectivity index (χ4n) is 2.16. The highest BCUT2D eigenvalue weighted by Gasteiger charge is 2.20. The van der Waals surface area contributed by atoms with Gasteiger partial charge >= 0.3 is 0 Å². The molecule has 0 heterocycles. The van der Waals surface area contributed by atoms with Crippen molar-refractivity contribution in [3.63, 3.8) is 0 Å². The Labute approximate surface area is 127 Å². The van der Waals surface area contributed by atoms with E-state index in [1.54, 1.807) is 14.2 Å². The number of hydrazine groups is 1. The van der Waals surface area contributed by atoms with Crippen LogP contribution in [0.3, 0.4) is 0 Å². The summed E-state index contributed by atoms with van der Waals surface area (Å²) < 4.78 is 11.6. The molecule has 20 heavy (non-hydrogen) atoms. The van der Waals surface area contributed by atoms with E-state index in [1.165, 1.54) is 0 Å². The zero-order valence-electron chi connectivity index (χ0n) is 11.4. The Morgan fingerprint density at radius 1 is 1.05 bits per heavy atom. The highest BCUT2D eigenvalue weighted by Crippen LogP contribution is 2.40. The summed E-state index contributed by atoms with van der Waals surface area (Å²) in [6, 6.07) is 13.6. The molecule has 0 radical (unpaired) electrons. The molecule has 0 aliphatic heterocycles. The molecule has 0 aromatic heterocycles. The summed E-state index contributed by atoms with van der Waals surface area (Å²) in [5.74, 6) is 7.15. The van der Waals surface area contributed by atoms with E-state index in [2.05, 4.69) is 21.4 Å². The first-order valence-corrected chi connectivity index (χ1v) is 6.93. The second kappa shape index (κ2) is 6.74. The van der Waals surface area contributed by atoms with Crippen molar-refractivity contribution >= 4 is 15.9 Å². The quantitative estimate of drug-likeness (QED) is 0.651. The molecular formula is C15H17BrN2O2. The fourth-order valence-corrected chi connectivity index (χ4v) is 2.84. The predicted molar refractivity (Wildman–Crippen MR) is 82.9 cm³/mol. The molecule has 1 unspecified atom stereocenters.